The second-order valence-corrected chi connectivity index (χ2v) is 9.49. The van der Waals surface area contributed by atoms with Crippen molar-refractivity contribution in [1.82, 2.24) is 14.5 Å². The summed E-state index contributed by atoms with van der Waals surface area (Å²) in [6.45, 7) is 1.51. The van der Waals surface area contributed by atoms with Gasteiger partial charge in [0.2, 0.25) is 15.9 Å². The Morgan fingerprint density at radius 1 is 0.939 bits per heavy atom. The number of halogens is 1. The predicted octanol–water partition coefficient (Wildman–Crippen LogP) is 2.37. The average molecular weight is 492 g/mol. The van der Waals surface area contributed by atoms with E-state index in [0.29, 0.717) is 37.0 Å². The van der Waals surface area contributed by atoms with Crippen molar-refractivity contribution in [2.75, 3.05) is 39.3 Å². The second kappa shape index (κ2) is 11.8. The molecule has 2 aromatic rings. The molecular formula is C23H26ClN3O5S. The van der Waals surface area contributed by atoms with Crippen LogP contribution in [0.4, 0.5) is 0 Å². The summed E-state index contributed by atoms with van der Waals surface area (Å²) in [6, 6.07) is 15.8. The van der Waals surface area contributed by atoms with Crippen molar-refractivity contribution in [2.24, 2.45) is 0 Å². The van der Waals surface area contributed by atoms with E-state index in [9.17, 15) is 18.0 Å². The molecule has 1 fully saturated rings. The number of benzene rings is 2. The van der Waals surface area contributed by atoms with Gasteiger partial charge in [-0.1, -0.05) is 41.9 Å². The number of carbonyl (C=O) groups is 2. The summed E-state index contributed by atoms with van der Waals surface area (Å²) in [6.07, 6.45) is 1.54. The van der Waals surface area contributed by atoms with E-state index in [0.717, 1.165) is 11.0 Å². The Balaban J connectivity index is 1.36. The van der Waals surface area contributed by atoms with E-state index in [4.69, 9.17) is 16.3 Å². The van der Waals surface area contributed by atoms with Crippen molar-refractivity contribution >= 4 is 39.5 Å². The van der Waals surface area contributed by atoms with E-state index in [1.807, 2.05) is 18.2 Å². The Kier molecular flexibility index (Phi) is 8.87. The van der Waals surface area contributed by atoms with E-state index in [2.05, 4.69) is 4.72 Å². The lowest BCUT2D eigenvalue weighted by Gasteiger charge is -2.34. The Bertz CT molecular complexity index is 1070. The predicted molar refractivity (Wildman–Crippen MR) is 127 cm³/mol. The molecule has 0 radical (unpaired) electrons. The van der Waals surface area contributed by atoms with Crippen molar-refractivity contribution in [3.8, 4) is 5.75 Å². The van der Waals surface area contributed by atoms with Crippen LogP contribution in [-0.4, -0.2) is 69.4 Å². The summed E-state index contributed by atoms with van der Waals surface area (Å²) in [5.41, 5.74) is 0.768. The van der Waals surface area contributed by atoms with E-state index >= 15 is 0 Å². The Hall–Kier alpha value is -2.88. The topological polar surface area (TPSA) is 96.0 Å². The molecular weight excluding hydrogens is 466 g/mol. The number of piperazine rings is 1. The number of nitrogens with zero attached hydrogens (tertiary/aromatic N) is 2. The van der Waals surface area contributed by atoms with E-state index in [-0.39, 0.29) is 31.4 Å². The first kappa shape index (κ1) is 24.8. The molecule has 10 heteroatoms. The lowest BCUT2D eigenvalue weighted by atomic mass is 10.2. The quantitative estimate of drug-likeness (QED) is 0.581. The molecule has 0 unspecified atom stereocenters. The molecule has 8 nitrogen and oxygen atoms in total. The van der Waals surface area contributed by atoms with Gasteiger partial charge in [0, 0.05) is 49.6 Å². The summed E-state index contributed by atoms with van der Waals surface area (Å²) in [5, 5.41) is 1.68. The van der Waals surface area contributed by atoms with Crippen molar-refractivity contribution in [2.45, 2.75) is 6.42 Å². The molecule has 0 bridgehead atoms. The fraction of sp³-hybridized carbons (Fsp3) is 0.304. The highest BCUT2D eigenvalue weighted by molar-refractivity contribution is 7.92. The fourth-order valence-electron chi connectivity index (χ4n) is 3.21. The zero-order valence-corrected chi connectivity index (χ0v) is 19.6. The summed E-state index contributed by atoms with van der Waals surface area (Å²) in [5.74, 6) is 0.242. The lowest BCUT2D eigenvalue weighted by molar-refractivity contribution is -0.140. The molecule has 2 aromatic carbocycles. The highest BCUT2D eigenvalue weighted by Crippen LogP contribution is 2.15. The van der Waals surface area contributed by atoms with Crippen LogP contribution in [0, 0.1) is 0 Å². The zero-order valence-electron chi connectivity index (χ0n) is 18.0. The number of rotatable bonds is 9. The molecule has 0 aliphatic carbocycles. The second-order valence-electron chi connectivity index (χ2n) is 7.41. The largest absolute Gasteiger partial charge is 0.484 e. The lowest BCUT2D eigenvalue weighted by Crippen LogP contribution is -2.52. The monoisotopic (exact) mass is 491 g/mol. The molecule has 2 amide bonds. The van der Waals surface area contributed by atoms with E-state index in [1.165, 1.54) is 6.08 Å². The maximum Gasteiger partial charge on any atom is 0.260 e. The summed E-state index contributed by atoms with van der Waals surface area (Å²) in [7, 11) is -3.63. The van der Waals surface area contributed by atoms with Crippen LogP contribution in [-0.2, 0) is 19.6 Å². The first-order valence-electron chi connectivity index (χ1n) is 10.5. The molecule has 3 rings (SSSR count). The van der Waals surface area contributed by atoms with Crippen LogP contribution in [0.3, 0.4) is 0 Å². The van der Waals surface area contributed by atoms with Crippen molar-refractivity contribution < 1.29 is 22.7 Å². The Labute approximate surface area is 198 Å². The van der Waals surface area contributed by atoms with Gasteiger partial charge in [-0.2, -0.15) is 0 Å². The number of carbonyl (C=O) groups excluding carboxylic acids is 2. The molecule has 0 saturated carbocycles. The van der Waals surface area contributed by atoms with Gasteiger partial charge in [0.05, 0.1) is 0 Å². The van der Waals surface area contributed by atoms with Crippen molar-refractivity contribution in [3.63, 3.8) is 0 Å². The maximum atomic E-state index is 12.4. The van der Waals surface area contributed by atoms with E-state index < -0.39 is 10.0 Å². The molecule has 176 valence electrons. The third kappa shape index (κ3) is 8.20. The van der Waals surface area contributed by atoms with Crippen LogP contribution < -0.4 is 9.46 Å². The van der Waals surface area contributed by atoms with Gasteiger partial charge in [0.25, 0.3) is 5.91 Å². The third-order valence-corrected chi connectivity index (χ3v) is 6.40. The Morgan fingerprint density at radius 3 is 2.18 bits per heavy atom. The highest BCUT2D eigenvalue weighted by Gasteiger charge is 2.24. The number of sulfonamides is 1. The fourth-order valence-corrected chi connectivity index (χ4v) is 4.16. The smallest absolute Gasteiger partial charge is 0.260 e. The van der Waals surface area contributed by atoms with Crippen LogP contribution in [0.15, 0.2) is 60.0 Å². The Morgan fingerprint density at radius 2 is 1.55 bits per heavy atom. The normalized spacial score (nSPS) is 14.5. The molecule has 1 saturated heterocycles. The molecule has 0 aromatic heterocycles. The minimum atomic E-state index is -3.63. The minimum Gasteiger partial charge on any atom is -0.484 e. The maximum absolute atomic E-state index is 12.4. The zero-order chi connectivity index (χ0) is 23.7. The molecule has 1 aliphatic heterocycles. The van der Waals surface area contributed by atoms with Gasteiger partial charge in [0.15, 0.2) is 6.61 Å². The summed E-state index contributed by atoms with van der Waals surface area (Å²) in [4.78, 5) is 28.0. The SMILES string of the molecule is O=C(CCNS(=O)(=O)/C=C/c1ccccc1)N1CCN(C(=O)COc2ccc(Cl)cc2)CC1. The van der Waals surface area contributed by atoms with Gasteiger partial charge in [-0.05, 0) is 35.9 Å². The van der Waals surface area contributed by atoms with Gasteiger partial charge < -0.3 is 14.5 Å². The first-order chi connectivity index (χ1) is 15.8. The first-order valence-corrected chi connectivity index (χ1v) is 12.4. The van der Waals surface area contributed by atoms with E-state index in [1.54, 1.807) is 46.2 Å². The van der Waals surface area contributed by atoms with Crippen LogP contribution >= 0.6 is 11.6 Å². The third-order valence-electron chi connectivity index (χ3n) is 5.04. The summed E-state index contributed by atoms with van der Waals surface area (Å²) < 4.78 is 32.0. The van der Waals surface area contributed by atoms with Crippen LogP contribution in [0.2, 0.25) is 5.02 Å². The summed E-state index contributed by atoms with van der Waals surface area (Å²) >= 11 is 5.83. The van der Waals surface area contributed by atoms with Gasteiger partial charge >= 0.3 is 0 Å². The van der Waals surface area contributed by atoms with Crippen LogP contribution in [0.5, 0.6) is 5.75 Å². The van der Waals surface area contributed by atoms with Crippen molar-refractivity contribution in [1.29, 1.82) is 0 Å². The van der Waals surface area contributed by atoms with Crippen molar-refractivity contribution in [3.05, 3.63) is 70.6 Å². The average Bonchev–Trinajstić information content (AvgIpc) is 2.83. The number of hydrogen-bond acceptors (Lipinski definition) is 5. The standard InChI is InChI=1S/C23H26ClN3O5S/c24-20-6-8-21(9-7-20)32-18-23(29)27-15-13-26(14-16-27)22(28)10-12-25-33(30,31)17-11-19-4-2-1-3-5-19/h1-9,11,17,25H,10,12-16,18H2/b17-11+. The molecule has 1 aliphatic rings. The molecule has 0 spiro atoms. The number of amides is 2. The van der Waals surface area contributed by atoms with Gasteiger partial charge in [0.1, 0.15) is 5.75 Å². The molecule has 0 atom stereocenters. The number of nitrogens with one attached hydrogen (secondary N) is 1. The van der Waals surface area contributed by atoms with Gasteiger partial charge in [-0.3, -0.25) is 9.59 Å². The highest BCUT2D eigenvalue weighted by atomic mass is 35.5. The van der Waals surface area contributed by atoms with Gasteiger partial charge in [-0.25, -0.2) is 13.1 Å². The van der Waals surface area contributed by atoms with Gasteiger partial charge in [-0.15, -0.1) is 0 Å². The molecule has 1 heterocycles. The molecule has 1 N–H and O–H groups in total. The van der Waals surface area contributed by atoms with Crippen LogP contribution in [0.25, 0.3) is 6.08 Å². The minimum absolute atomic E-state index is 0.00831. The number of ether oxygens (including phenoxy) is 1. The van der Waals surface area contributed by atoms with Crippen LogP contribution in [0.1, 0.15) is 12.0 Å². The number of hydrogen-bond donors (Lipinski definition) is 1. The molecule has 33 heavy (non-hydrogen) atoms.